The average molecular weight is 511 g/mol. The maximum Gasteiger partial charge on any atom is 0.192 e. The van der Waals surface area contributed by atoms with Gasteiger partial charge in [0.1, 0.15) is 0 Å². The fourth-order valence-corrected chi connectivity index (χ4v) is 8.07. The molecule has 0 aromatic heterocycles. The van der Waals surface area contributed by atoms with Crippen molar-refractivity contribution in [2.24, 2.45) is 0 Å². The van der Waals surface area contributed by atoms with Gasteiger partial charge in [0.15, 0.2) is 5.78 Å². The van der Waals surface area contributed by atoms with Crippen molar-refractivity contribution in [3.63, 3.8) is 0 Å². The molecule has 188 valence electrons. The monoisotopic (exact) mass is 510 g/mol. The second-order valence-electron chi connectivity index (χ2n) is 11.5. The number of benzene rings is 5. The SMILES string of the molecule is O=C(C1=CCC2C(=C1)Cc1ccccc12)c1ccc2c(c1)C1(c3ccccc3-c3ccccc31)c1ccccc1-2. The highest BCUT2D eigenvalue weighted by Gasteiger charge is 2.51. The minimum absolute atomic E-state index is 0.121. The molecule has 0 amide bonds. The first-order chi connectivity index (χ1) is 19.7. The van der Waals surface area contributed by atoms with Gasteiger partial charge in [0.25, 0.3) is 0 Å². The van der Waals surface area contributed by atoms with Crippen molar-refractivity contribution in [2.45, 2.75) is 24.2 Å². The fourth-order valence-electron chi connectivity index (χ4n) is 8.07. The van der Waals surface area contributed by atoms with Crippen LogP contribution in [0.5, 0.6) is 0 Å². The third kappa shape index (κ3) is 2.70. The minimum Gasteiger partial charge on any atom is -0.289 e. The zero-order valence-electron chi connectivity index (χ0n) is 22.0. The van der Waals surface area contributed by atoms with Crippen LogP contribution in [-0.2, 0) is 11.8 Å². The van der Waals surface area contributed by atoms with E-state index in [0.29, 0.717) is 5.92 Å². The molecule has 5 aromatic carbocycles. The maximum atomic E-state index is 14.1. The van der Waals surface area contributed by atoms with Gasteiger partial charge in [0, 0.05) is 17.1 Å². The molecule has 4 aliphatic carbocycles. The number of hydrogen-bond donors (Lipinski definition) is 0. The van der Waals surface area contributed by atoms with Gasteiger partial charge >= 0.3 is 0 Å². The predicted octanol–water partition coefficient (Wildman–Crippen LogP) is 8.81. The lowest BCUT2D eigenvalue weighted by Gasteiger charge is -2.30. The van der Waals surface area contributed by atoms with E-state index in [2.05, 4.69) is 121 Å². The normalized spacial score (nSPS) is 18.1. The van der Waals surface area contributed by atoms with Crippen molar-refractivity contribution in [3.8, 4) is 22.3 Å². The molecule has 1 heteroatoms. The topological polar surface area (TPSA) is 17.1 Å². The van der Waals surface area contributed by atoms with Crippen molar-refractivity contribution in [2.75, 3.05) is 0 Å². The first kappa shape index (κ1) is 22.1. The molecule has 40 heavy (non-hydrogen) atoms. The number of carbonyl (C=O) groups is 1. The van der Waals surface area contributed by atoms with E-state index >= 15 is 0 Å². The number of fused-ring (bicyclic) bond motifs is 13. The summed E-state index contributed by atoms with van der Waals surface area (Å²) in [5.41, 5.74) is 15.5. The van der Waals surface area contributed by atoms with Crippen LogP contribution in [-0.4, -0.2) is 5.78 Å². The maximum absolute atomic E-state index is 14.1. The summed E-state index contributed by atoms with van der Waals surface area (Å²) in [6.45, 7) is 0. The van der Waals surface area contributed by atoms with Crippen LogP contribution in [0.2, 0.25) is 0 Å². The molecule has 0 radical (unpaired) electrons. The van der Waals surface area contributed by atoms with Crippen LogP contribution in [0.1, 0.15) is 56.1 Å². The number of Topliss-reactive ketones (excluding diaryl/α,β-unsaturated/α-hetero) is 1. The molecule has 4 aliphatic rings. The summed E-state index contributed by atoms with van der Waals surface area (Å²) < 4.78 is 0. The summed E-state index contributed by atoms with van der Waals surface area (Å²) in [6, 6.07) is 41.6. The van der Waals surface area contributed by atoms with E-state index in [0.717, 1.165) is 24.0 Å². The van der Waals surface area contributed by atoms with E-state index in [-0.39, 0.29) is 5.78 Å². The van der Waals surface area contributed by atoms with E-state index < -0.39 is 5.41 Å². The van der Waals surface area contributed by atoms with Crippen molar-refractivity contribution in [3.05, 3.63) is 178 Å². The Morgan fingerprint density at radius 1 is 0.625 bits per heavy atom. The van der Waals surface area contributed by atoms with Gasteiger partial charge in [0.05, 0.1) is 5.41 Å². The number of allylic oxidation sites excluding steroid dienone is 4. The van der Waals surface area contributed by atoms with Crippen LogP contribution in [0.4, 0.5) is 0 Å². The van der Waals surface area contributed by atoms with Gasteiger partial charge in [-0.2, -0.15) is 0 Å². The lowest BCUT2D eigenvalue weighted by molar-refractivity contribution is 0.103. The molecule has 9 rings (SSSR count). The van der Waals surface area contributed by atoms with E-state index in [9.17, 15) is 4.79 Å². The zero-order valence-corrected chi connectivity index (χ0v) is 22.0. The summed E-state index contributed by atoms with van der Waals surface area (Å²) in [4.78, 5) is 14.1. The Morgan fingerprint density at radius 3 is 1.88 bits per heavy atom. The Hall–Kier alpha value is -4.75. The largest absolute Gasteiger partial charge is 0.289 e. The number of rotatable bonds is 2. The second kappa shape index (κ2) is 7.90. The molecule has 5 aromatic rings. The zero-order chi connectivity index (χ0) is 26.4. The van der Waals surface area contributed by atoms with Crippen LogP contribution in [0.15, 0.2) is 139 Å². The highest BCUT2D eigenvalue weighted by atomic mass is 16.1. The van der Waals surface area contributed by atoms with E-state index in [1.54, 1.807) is 0 Å². The standard InChI is InChI=1S/C39H26O/c40-38(25-17-19-29-27(22-25)21-24-9-1-2-10-28(24)29)26-18-20-33-32-13-5-8-16-36(32)39(37(33)23-26)34-14-6-3-11-30(34)31-12-4-7-15-35(31)39/h1-18,20,22-23,29H,19,21H2. The highest BCUT2D eigenvalue weighted by Crippen LogP contribution is 2.62. The number of hydrogen-bond acceptors (Lipinski definition) is 1. The lowest BCUT2D eigenvalue weighted by Crippen LogP contribution is -2.26. The summed E-state index contributed by atoms with van der Waals surface area (Å²) in [7, 11) is 0. The quantitative estimate of drug-likeness (QED) is 0.212. The summed E-state index contributed by atoms with van der Waals surface area (Å²) in [5, 5.41) is 0. The third-order valence-corrected chi connectivity index (χ3v) is 9.71. The summed E-state index contributed by atoms with van der Waals surface area (Å²) >= 11 is 0. The van der Waals surface area contributed by atoms with Crippen LogP contribution < -0.4 is 0 Å². The Labute approximate surface area is 234 Å². The first-order valence-electron chi connectivity index (χ1n) is 14.2. The van der Waals surface area contributed by atoms with Gasteiger partial charge in [0.2, 0.25) is 0 Å². The Balaban J connectivity index is 1.21. The first-order valence-corrected chi connectivity index (χ1v) is 14.2. The predicted molar refractivity (Wildman–Crippen MR) is 161 cm³/mol. The number of ketones is 1. The molecule has 0 saturated heterocycles. The van der Waals surface area contributed by atoms with Gasteiger partial charge in [-0.25, -0.2) is 0 Å². The molecular weight excluding hydrogens is 484 g/mol. The van der Waals surface area contributed by atoms with Gasteiger partial charge in [-0.1, -0.05) is 127 Å². The summed E-state index contributed by atoms with van der Waals surface area (Å²) in [5.74, 6) is 0.535. The highest BCUT2D eigenvalue weighted by molar-refractivity contribution is 6.12. The molecule has 0 heterocycles. The molecule has 0 aliphatic heterocycles. The van der Waals surface area contributed by atoms with Crippen LogP contribution in [0.3, 0.4) is 0 Å². The molecule has 1 nitrogen and oxygen atoms in total. The molecule has 0 bridgehead atoms. The van der Waals surface area contributed by atoms with Crippen molar-refractivity contribution < 1.29 is 4.79 Å². The van der Waals surface area contributed by atoms with Crippen LogP contribution in [0.25, 0.3) is 22.3 Å². The summed E-state index contributed by atoms with van der Waals surface area (Å²) in [6.07, 6.45) is 6.18. The Morgan fingerprint density at radius 2 is 1.20 bits per heavy atom. The third-order valence-electron chi connectivity index (χ3n) is 9.71. The van der Waals surface area contributed by atoms with Gasteiger partial charge < -0.3 is 0 Å². The van der Waals surface area contributed by atoms with Crippen molar-refractivity contribution in [1.82, 2.24) is 0 Å². The molecular formula is C39H26O. The molecule has 1 atom stereocenters. The van der Waals surface area contributed by atoms with Crippen molar-refractivity contribution in [1.29, 1.82) is 0 Å². The molecule has 0 N–H and O–H groups in total. The van der Waals surface area contributed by atoms with E-state index in [1.165, 1.54) is 61.2 Å². The molecule has 1 unspecified atom stereocenters. The van der Waals surface area contributed by atoms with Gasteiger partial charge in [-0.05, 0) is 74.5 Å². The van der Waals surface area contributed by atoms with Crippen molar-refractivity contribution >= 4 is 5.78 Å². The smallest absolute Gasteiger partial charge is 0.192 e. The van der Waals surface area contributed by atoms with Gasteiger partial charge in [-0.15, -0.1) is 0 Å². The Bertz CT molecular complexity index is 1920. The fraction of sp³-hybridized carbons (Fsp3) is 0.103. The lowest BCUT2D eigenvalue weighted by atomic mass is 9.70. The minimum atomic E-state index is -0.424. The van der Waals surface area contributed by atoms with Gasteiger partial charge in [-0.3, -0.25) is 4.79 Å². The molecule has 1 spiro atoms. The van der Waals surface area contributed by atoms with Crippen LogP contribution >= 0.6 is 0 Å². The van der Waals surface area contributed by atoms with E-state index in [4.69, 9.17) is 0 Å². The van der Waals surface area contributed by atoms with Crippen LogP contribution in [0, 0.1) is 0 Å². The molecule has 0 saturated carbocycles. The van der Waals surface area contributed by atoms with E-state index in [1.807, 2.05) is 6.07 Å². The molecule has 0 fully saturated rings. The average Bonchev–Trinajstić information content (AvgIpc) is 3.64. The second-order valence-corrected chi connectivity index (χ2v) is 11.5. The number of carbonyl (C=O) groups excluding carboxylic acids is 1. The Kier molecular flexibility index (Phi) is 4.36.